The van der Waals surface area contributed by atoms with Gasteiger partial charge >= 0.3 is 5.97 Å². The summed E-state index contributed by atoms with van der Waals surface area (Å²) in [4.78, 5) is 39.7. The second kappa shape index (κ2) is 7.65. The molecular formula is C25H24ClNO4. The molecule has 2 aliphatic rings. The van der Waals surface area contributed by atoms with Gasteiger partial charge in [0.05, 0.1) is 16.3 Å². The van der Waals surface area contributed by atoms with E-state index >= 15 is 0 Å². The average Bonchev–Trinajstić information content (AvgIpc) is 2.67. The Morgan fingerprint density at radius 2 is 1.77 bits per heavy atom. The summed E-state index contributed by atoms with van der Waals surface area (Å²) in [5.41, 5.74) is 3.34. The largest absolute Gasteiger partial charge is 0.478 e. The number of carboxylic acid groups (broad SMARTS) is 1. The van der Waals surface area contributed by atoms with Crippen LogP contribution in [0.2, 0.25) is 5.02 Å². The Morgan fingerprint density at radius 1 is 1.10 bits per heavy atom. The lowest BCUT2D eigenvalue weighted by atomic mass is 9.69. The summed E-state index contributed by atoms with van der Waals surface area (Å²) in [5.74, 6) is -1.59. The molecule has 31 heavy (non-hydrogen) atoms. The minimum absolute atomic E-state index is 0.0276. The molecule has 160 valence electrons. The molecule has 5 nitrogen and oxygen atoms in total. The van der Waals surface area contributed by atoms with Crippen LogP contribution in [-0.2, 0) is 9.59 Å². The number of hydrogen-bond acceptors (Lipinski definition) is 3. The van der Waals surface area contributed by atoms with Crippen molar-refractivity contribution in [3.63, 3.8) is 0 Å². The zero-order valence-electron chi connectivity index (χ0n) is 17.7. The number of carboxylic acids is 1. The first-order chi connectivity index (χ1) is 14.6. The van der Waals surface area contributed by atoms with E-state index in [1.165, 1.54) is 23.1 Å². The average molecular weight is 438 g/mol. The van der Waals surface area contributed by atoms with Gasteiger partial charge in [-0.05, 0) is 42.5 Å². The molecule has 2 aromatic rings. The molecule has 1 aliphatic carbocycles. The van der Waals surface area contributed by atoms with Crippen molar-refractivity contribution in [1.29, 1.82) is 0 Å². The second-order valence-corrected chi connectivity index (χ2v) is 9.58. The van der Waals surface area contributed by atoms with Gasteiger partial charge in [0.1, 0.15) is 0 Å². The first kappa shape index (κ1) is 21.3. The number of carbonyl (C=O) groups excluding carboxylic acids is 2. The standard InChI is InChI=1S/C25H24ClNO4/c1-14-4-6-15(7-5-14)17-11-22(29)27(19-10-16(24(30)31)8-9-18(19)26)20-12-25(2,3)13-21(28)23(17)20/h4-10,17H,11-13H2,1-3H3,(H,30,31). The molecule has 0 saturated carbocycles. The number of aryl methyl sites for hydroxylation is 1. The zero-order valence-corrected chi connectivity index (χ0v) is 18.5. The van der Waals surface area contributed by atoms with Gasteiger partial charge in [0.25, 0.3) is 0 Å². The maximum Gasteiger partial charge on any atom is 0.335 e. The minimum atomic E-state index is -1.10. The summed E-state index contributed by atoms with van der Waals surface area (Å²) in [7, 11) is 0. The van der Waals surface area contributed by atoms with Gasteiger partial charge in [0, 0.05) is 30.0 Å². The fourth-order valence-corrected chi connectivity index (χ4v) is 4.80. The van der Waals surface area contributed by atoms with Crippen LogP contribution in [0.1, 0.15) is 60.5 Å². The maximum absolute atomic E-state index is 13.4. The molecule has 1 heterocycles. The van der Waals surface area contributed by atoms with Gasteiger partial charge in [-0.3, -0.25) is 14.5 Å². The van der Waals surface area contributed by atoms with Crippen molar-refractivity contribution >= 4 is 34.9 Å². The van der Waals surface area contributed by atoms with E-state index in [-0.39, 0.29) is 40.0 Å². The van der Waals surface area contributed by atoms with E-state index in [1.54, 1.807) is 0 Å². The van der Waals surface area contributed by atoms with Crippen LogP contribution in [0.3, 0.4) is 0 Å². The number of hydrogen-bond donors (Lipinski definition) is 1. The molecule has 0 spiro atoms. The van der Waals surface area contributed by atoms with E-state index in [1.807, 2.05) is 45.0 Å². The molecule has 4 rings (SSSR count). The van der Waals surface area contributed by atoms with Gasteiger partial charge in [0.15, 0.2) is 5.78 Å². The number of halogens is 1. The highest BCUT2D eigenvalue weighted by atomic mass is 35.5. The summed E-state index contributed by atoms with van der Waals surface area (Å²) in [6.07, 6.45) is 1.05. The molecule has 1 atom stereocenters. The van der Waals surface area contributed by atoms with Crippen LogP contribution in [0.4, 0.5) is 5.69 Å². The molecular weight excluding hydrogens is 414 g/mol. The third-order valence-electron chi connectivity index (χ3n) is 6.06. The minimum Gasteiger partial charge on any atom is -0.478 e. The topological polar surface area (TPSA) is 74.7 Å². The first-order valence-corrected chi connectivity index (χ1v) is 10.6. The number of allylic oxidation sites excluding steroid dienone is 2. The number of anilines is 1. The molecule has 0 aromatic heterocycles. The quantitative estimate of drug-likeness (QED) is 0.686. The molecule has 1 aliphatic heterocycles. The van der Waals surface area contributed by atoms with Crippen molar-refractivity contribution in [1.82, 2.24) is 0 Å². The molecule has 1 unspecified atom stereocenters. The summed E-state index contributed by atoms with van der Waals surface area (Å²) < 4.78 is 0. The molecule has 0 saturated heterocycles. The number of aromatic carboxylic acids is 1. The van der Waals surface area contributed by atoms with Gasteiger partial charge in [-0.25, -0.2) is 4.79 Å². The fourth-order valence-electron chi connectivity index (χ4n) is 4.60. The molecule has 1 amide bonds. The Morgan fingerprint density at radius 3 is 2.42 bits per heavy atom. The highest BCUT2D eigenvalue weighted by molar-refractivity contribution is 6.34. The van der Waals surface area contributed by atoms with Crippen LogP contribution in [-0.4, -0.2) is 22.8 Å². The number of benzene rings is 2. The zero-order chi connectivity index (χ0) is 22.5. The van der Waals surface area contributed by atoms with E-state index in [4.69, 9.17) is 11.6 Å². The highest BCUT2D eigenvalue weighted by Gasteiger charge is 2.44. The van der Waals surface area contributed by atoms with Crippen LogP contribution in [0.25, 0.3) is 0 Å². The Balaban J connectivity index is 1.93. The van der Waals surface area contributed by atoms with Crippen molar-refractivity contribution in [3.05, 3.63) is 75.4 Å². The number of amides is 1. The van der Waals surface area contributed by atoms with E-state index < -0.39 is 5.97 Å². The molecule has 0 fully saturated rings. The highest BCUT2D eigenvalue weighted by Crippen LogP contribution is 2.49. The first-order valence-electron chi connectivity index (χ1n) is 10.3. The van der Waals surface area contributed by atoms with Crippen LogP contribution >= 0.6 is 11.6 Å². The summed E-state index contributed by atoms with van der Waals surface area (Å²) >= 11 is 6.41. The Kier molecular flexibility index (Phi) is 5.26. The van der Waals surface area contributed by atoms with Crippen LogP contribution in [0.5, 0.6) is 0 Å². The van der Waals surface area contributed by atoms with Crippen molar-refractivity contribution in [2.45, 2.75) is 46.0 Å². The molecule has 1 N–H and O–H groups in total. The summed E-state index contributed by atoms with van der Waals surface area (Å²) in [6, 6.07) is 12.2. The van der Waals surface area contributed by atoms with E-state index in [0.29, 0.717) is 29.8 Å². The predicted octanol–water partition coefficient (Wildman–Crippen LogP) is 5.51. The summed E-state index contributed by atoms with van der Waals surface area (Å²) in [6.45, 7) is 6.00. The second-order valence-electron chi connectivity index (χ2n) is 9.17. The van der Waals surface area contributed by atoms with E-state index in [9.17, 15) is 19.5 Å². The summed E-state index contributed by atoms with van der Waals surface area (Å²) in [5, 5.41) is 9.70. The molecule has 2 aromatic carbocycles. The third-order valence-corrected chi connectivity index (χ3v) is 6.38. The third kappa shape index (κ3) is 3.90. The fraction of sp³-hybridized carbons (Fsp3) is 0.320. The smallest absolute Gasteiger partial charge is 0.335 e. The van der Waals surface area contributed by atoms with Crippen LogP contribution in [0.15, 0.2) is 53.7 Å². The van der Waals surface area contributed by atoms with Gasteiger partial charge in [-0.2, -0.15) is 0 Å². The van der Waals surface area contributed by atoms with Gasteiger partial charge in [-0.1, -0.05) is 55.3 Å². The molecule has 0 bridgehead atoms. The Bertz CT molecular complexity index is 1130. The number of ketones is 1. The van der Waals surface area contributed by atoms with Gasteiger partial charge < -0.3 is 5.11 Å². The lowest BCUT2D eigenvalue weighted by molar-refractivity contribution is -0.121. The van der Waals surface area contributed by atoms with Crippen molar-refractivity contribution in [2.24, 2.45) is 5.41 Å². The van der Waals surface area contributed by atoms with Gasteiger partial charge in [-0.15, -0.1) is 0 Å². The van der Waals surface area contributed by atoms with E-state index in [0.717, 1.165) is 11.1 Å². The monoisotopic (exact) mass is 437 g/mol. The lowest BCUT2D eigenvalue weighted by Gasteiger charge is -2.43. The van der Waals surface area contributed by atoms with Crippen molar-refractivity contribution in [2.75, 3.05) is 4.90 Å². The maximum atomic E-state index is 13.4. The number of carbonyl (C=O) groups is 3. The van der Waals surface area contributed by atoms with Gasteiger partial charge in [0.2, 0.25) is 5.91 Å². The molecule has 6 heteroatoms. The van der Waals surface area contributed by atoms with Crippen molar-refractivity contribution in [3.8, 4) is 0 Å². The SMILES string of the molecule is Cc1ccc(C2CC(=O)N(c3cc(C(=O)O)ccc3Cl)C3=C2C(=O)CC(C)(C)C3)cc1. The molecule has 0 radical (unpaired) electrons. The number of rotatable bonds is 3. The Hall–Kier alpha value is -2.92. The van der Waals surface area contributed by atoms with Crippen LogP contribution < -0.4 is 4.90 Å². The predicted molar refractivity (Wildman–Crippen MR) is 119 cm³/mol. The normalized spacial score (nSPS) is 20.6. The Labute approximate surface area is 186 Å². The van der Waals surface area contributed by atoms with Crippen LogP contribution in [0, 0.1) is 12.3 Å². The number of Topliss-reactive ketones (excluding diaryl/α,β-unsaturated/α-hetero) is 1. The number of nitrogens with zero attached hydrogens (tertiary/aromatic N) is 1. The lowest BCUT2D eigenvalue weighted by Crippen LogP contribution is -2.44. The van der Waals surface area contributed by atoms with Crippen molar-refractivity contribution < 1.29 is 19.5 Å². The van der Waals surface area contributed by atoms with E-state index in [2.05, 4.69) is 0 Å².